The SMILES string of the molecule is CCCC(C)N1CC=C(c2c[nH]c3ccc(NC(=O)c4cccc(C=O)c4)cc23)CC1. The monoisotopic (exact) mass is 415 g/mol. The molecule has 0 bridgehead atoms. The predicted octanol–water partition coefficient (Wildman–Crippen LogP) is 5.51. The molecule has 31 heavy (non-hydrogen) atoms. The molecule has 1 aliphatic rings. The summed E-state index contributed by atoms with van der Waals surface area (Å²) in [6.45, 7) is 6.60. The highest BCUT2D eigenvalue weighted by atomic mass is 16.1. The number of nitrogens with zero attached hydrogens (tertiary/aromatic N) is 1. The molecule has 5 heteroatoms. The van der Waals surface area contributed by atoms with Gasteiger partial charge in [-0.1, -0.05) is 31.6 Å². The van der Waals surface area contributed by atoms with Crippen LogP contribution in [0.4, 0.5) is 5.69 Å². The normalized spacial score (nSPS) is 15.5. The lowest BCUT2D eigenvalue weighted by atomic mass is 9.97. The number of anilines is 1. The number of fused-ring (bicyclic) bond motifs is 1. The van der Waals surface area contributed by atoms with Gasteiger partial charge in [0.2, 0.25) is 0 Å². The van der Waals surface area contributed by atoms with E-state index in [0.29, 0.717) is 17.2 Å². The average molecular weight is 416 g/mol. The molecule has 160 valence electrons. The molecule has 1 atom stereocenters. The zero-order valence-corrected chi connectivity index (χ0v) is 18.2. The highest BCUT2D eigenvalue weighted by Crippen LogP contribution is 2.31. The fourth-order valence-corrected chi connectivity index (χ4v) is 4.35. The van der Waals surface area contributed by atoms with Gasteiger partial charge in [0.1, 0.15) is 6.29 Å². The molecule has 1 aliphatic heterocycles. The van der Waals surface area contributed by atoms with E-state index in [0.717, 1.165) is 42.4 Å². The summed E-state index contributed by atoms with van der Waals surface area (Å²) in [5.41, 5.74) is 5.31. The van der Waals surface area contributed by atoms with Crippen molar-refractivity contribution < 1.29 is 9.59 Å². The van der Waals surface area contributed by atoms with Crippen LogP contribution in [0.2, 0.25) is 0 Å². The van der Waals surface area contributed by atoms with Crippen LogP contribution in [0, 0.1) is 0 Å². The van der Waals surface area contributed by atoms with Gasteiger partial charge in [-0.25, -0.2) is 0 Å². The summed E-state index contributed by atoms with van der Waals surface area (Å²) >= 11 is 0. The molecule has 0 saturated carbocycles. The summed E-state index contributed by atoms with van der Waals surface area (Å²) in [5, 5.41) is 4.07. The summed E-state index contributed by atoms with van der Waals surface area (Å²) in [6.07, 6.45) is 8.63. The van der Waals surface area contributed by atoms with E-state index >= 15 is 0 Å². The van der Waals surface area contributed by atoms with Crippen molar-refractivity contribution in [2.75, 3.05) is 18.4 Å². The van der Waals surface area contributed by atoms with E-state index in [1.165, 1.54) is 24.0 Å². The number of aromatic amines is 1. The maximum Gasteiger partial charge on any atom is 0.255 e. The third kappa shape index (κ3) is 4.62. The number of benzene rings is 2. The number of carbonyl (C=O) groups excluding carboxylic acids is 2. The Morgan fingerprint density at radius 2 is 2.13 bits per heavy atom. The molecule has 2 N–H and O–H groups in total. The molecule has 2 aromatic carbocycles. The van der Waals surface area contributed by atoms with Gasteiger partial charge >= 0.3 is 0 Å². The number of hydrogen-bond acceptors (Lipinski definition) is 3. The number of nitrogens with one attached hydrogen (secondary N) is 2. The molecule has 1 aromatic heterocycles. The third-order valence-electron chi connectivity index (χ3n) is 6.14. The van der Waals surface area contributed by atoms with Crippen molar-refractivity contribution in [1.82, 2.24) is 9.88 Å². The number of amides is 1. The Hall–Kier alpha value is -3.18. The highest BCUT2D eigenvalue weighted by molar-refractivity contribution is 6.06. The topological polar surface area (TPSA) is 65.2 Å². The van der Waals surface area contributed by atoms with Gasteiger partial charge < -0.3 is 10.3 Å². The van der Waals surface area contributed by atoms with Crippen LogP contribution >= 0.6 is 0 Å². The second kappa shape index (κ2) is 9.31. The summed E-state index contributed by atoms with van der Waals surface area (Å²) in [5.74, 6) is -0.224. The van der Waals surface area contributed by atoms with Crippen molar-refractivity contribution in [1.29, 1.82) is 0 Å². The fraction of sp³-hybridized carbons (Fsp3) is 0.308. The molecule has 4 rings (SSSR count). The van der Waals surface area contributed by atoms with Gasteiger partial charge in [0.05, 0.1) is 0 Å². The van der Waals surface area contributed by atoms with E-state index in [-0.39, 0.29) is 5.91 Å². The van der Waals surface area contributed by atoms with E-state index in [4.69, 9.17) is 0 Å². The minimum atomic E-state index is -0.224. The molecular formula is C26H29N3O2. The zero-order valence-electron chi connectivity index (χ0n) is 18.2. The Labute approximate surface area is 183 Å². The second-order valence-electron chi connectivity index (χ2n) is 8.27. The third-order valence-corrected chi connectivity index (χ3v) is 6.14. The van der Waals surface area contributed by atoms with Crippen molar-refractivity contribution >= 4 is 34.4 Å². The van der Waals surface area contributed by atoms with Crippen LogP contribution in [0.5, 0.6) is 0 Å². The zero-order chi connectivity index (χ0) is 21.8. The molecule has 0 fully saturated rings. The standard InChI is InChI=1S/C26H29N3O2/c1-3-5-18(2)29-12-10-20(11-13-29)24-16-27-25-9-8-22(15-23(24)25)28-26(31)21-7-4-6-19(14-21)17-30/h4,6-10,14-18,27H,3,5,11-13H2,1-2H3,(H,28,31). The lowest BCUT2D eigenvalue weighted by Crippen LogP contribution is -2.36. The van der Waals surface area contributed by atoms with Crippen molar-refractivity contribution in [3.63, 3.8) is 0 Å². The molecule has 1 amide bonds. The fourth-order valence-electron chi connectivity index (χ4n) is 4.35. The summed E-state index contributed by atoms with van der Waals surface area (Å²) in [7, 11) is 0. The number of carbonyl (C=O) groups is 2. The highest BCUT2D eigenvalue weighted by Gasteiger charge is 2.19. The minimum Gasteiger partial charge on any atom is -0.361 e. The molecule has 2 heterocycles. The van der Waals surface area contributed by atoms with Crippen LogP contribution < -0.4 is 5.32 Å². The van der Waals surface area contributed by atoms with Crippen molar-refractivity contribution in [3.8, 4) is 0 Å². The Balaban J connectivity index is 1.54. The lowest BCUT2D eigenvalue weighted by Gasteiger charge is -2.31. The van der Waals surface area contributed by atoms with Crippen LogP contribution in [0.25, 0.3) is 16.5 Å². The van der Waals surface area contributed by atoms with Gasteiger partial charge in [0, 0.05) is 58.6 Å². The molecule has 0 saturated heterocycles. The molecular weight excluding hydrogens is 386 g/mol. The molecule has 0 radical (unpaired) electrons. The number of aromatic nitrogens is 1. The summed E-state index contributed by atoms with van der Waals surface area (Å²) in [6, 6.07) is 13.2. The predicted molar refractivity (Wildman–Crippen MR) is 127 cm³/mol. The van der Waals surface area contributed by atoms with Crippen LogP contribution in [-0.2, 0) is 0 Å². The second-order valence-corrected chi connectivity index (χ2v) is 8.27. The van der Waals surface area contributed by atoms with E-state index in [9.17, 15) is 9.59 Å². The maximum atomic E-state index is 12.6. The summed E-state index contributed by atoms with van der Waals surface area (Å²) in [4.78, 5) is 29.5. The molecule has 5 nitrogen and oxygen atoms in total. The number of rotatable bonds is 7. The first-order valence-corrected chi connectivity index (χ1v) is 11.0. The number of hydrogen-bond donors (Lipinski definition) is 2. The van der Waals surface area contributed by atoms with Gasteiger partial charge in [-0.2, -0.15) is 0 Å². The molecule has 0 spiro atoms. The first kappa shape index (κ1) is 21.1. The smallest absolute Gasteiger partial charge is 0.255 e. The van der Waals surface area contributed by atoms with Crippen LogP contribution in [0.15, 0.2) is 54.7 Å². The van der Waals surface area contributed by atoms with E-state index < -0.39 is 0 Å². The Bertz CT molecular complexity index is 1130. The number of H-pyrrole nitrogens is 1. The van der Waals surface area contributed by atoms with Crippen LogP contribution in [0.3, 0.4) is 0 Å². The quantitative estimate of drug-likeness (QED) is 0.500. The Morgan fingerprint density at radius 1 is 1.26 bits per heavy atom. The maximum absolute atomic E-state index is 12.6. The molecule has 1 unspecified atom stereocenters. The van der Waals surface area contributed by atoms with Crippen LogP contribution in [-0.4, -0.2) is 41.2 Å². The van der Waals surface area contributed by atoms with E-state index in [1.807, 2.05) is 18.2 Å². The minimum absolute atomic E-state index is 0.224. The van der Waals surface area contributed by atoms with Gasteiger partial charge in [0.25, 0.3) is 5.91 Å². The average Bonchev–Trinajstić information content (AvgIpc) is 3.22. The Kier molecular flexibility index (Phi) is 6.33. The van der Waals surface area contributed by atoms with Crippen molar-refractivity contribution in [3.05, 3.63) is 71.4 Å². The van der Waals surface area contributed by atoms with Crippen molar-refractivity contribution in [2.24, 2.45) is 0 Å². The largest absolute Gasteiger partial charge is 0.361 e. The molecule has 0 aliphatic carbocycles. The Morgan fingerprint density at radius 3 is 2.87 bits per heavy atom. The summed E-state index contributed by atoms with van der Waals surface area (Å²) < 4.78 is 0. The molecule has 3 aromatic rings. The van der Waals surface area contributed by atoms with Crippen molar-refractivity contribution in [2.45, 2.75) is 39.2 Å². The van der Waals surface area contributed by atoms with Gasteiger partial charge in [-0.05, 0) is 55.7 Å². The van der Waals surface area contributed by atoms with E-state index in [2.05, 4.69) is 41.3 Å². The van der Waals surface area contributed by atoms with E-state index in [1.54, 1.807) is 24.3 Å². The number of aldehydes is 1. The van der Waals surface area contributed by atoms with Crippen LogP contribution in [0.1, 0.15) is 59.4 Å². The first-order valence-electron chi connectivity index (χ1n) is 11.0. The first-order chi connectivity index (χ1) is 15.1. The van der Waals surface area contributed by atoms with Gasteiger partial charge in [-0.15, -0.1) is 0 Å². The lowest BCUT2D eigenvalue weighted by molar-refractivity contribution is 0.102. The van der Waals surface area contributed by atoms with Gasteiger partial charge in [-0.3, -0.25) is 14.5 Å². The van der Waals surface area contributed by atoms with Gasteiger partial charge in [0.15, 0.2) is 0 Å².